The van der Waals surface area contributed by atoms with Gasteiger partial charge in [0.05, 0.1) is 18.4 Å². The van der Waals surface area contributed by atoms with Gasteiger partial charge >= 0.3 is 0 Å². The summed E-state index contributed by atoms with van der Waals surface area (Å²) in [4.78, 5) is 16.0. The highest BCUT2D eigenvalue weighted by atomic mass is 16.1. The van der Waals surface area contributed by atoms with Crippen molar-refractivity contribution < 1.29 is 0 Å². The summed E-state index contributed by atoms with van der Waals surface area (Å²) in [5.74, 6) is 0.776. The predicted octanol–water partition coefficient (Wildman–Crippen LogP) is 1.51. The number of anilines is 1. The van der Waals surface area contributed by atoms with Crippen LogP contribution in [0.2, 0.25) is 0 Å². The quantitative estimate of drug-likeness (QED) is 0.881. The van der Waals surface area contributed by atoms with Gasteiger partial charge in [-0.3, -0.25) is 9.78 Å². The molecule has 2 heterocycles. The molecule has 0 unspecified atom stereocenters. The molecule has 0 saturated heterocycles. The Kier molecular flexibility index (Phi) is 3.27. The fourth-order valence-corrected chi connectivity index (χ4v) is 1.90. The van der Waals surface area contributed by atoms with Crippen molar-refractivity contribution in [3.05, 3.63) is 52.7 Å². The molecule has 0 amide bonds. The molecule has 2 aromatic rings. The van der Waals surface area contributed by atoms with E-state index in [1.54, 1.807) is 24.7 Å². The highest BCUT2D eigenvalue weighted by molar-refractivity contribution is 5.39. The zero-order chi connectivity index (χ0) is 13.1. The van der Waals surface area contributed by atoms with Crippen LogP contribution in [-0.4, -0.2) is 21.3 Å². The van der Waals surface area contributed by atoms with Gasteiger partial charge in [0, 0.05) is 25.0 Å². The molecule has 5 nitrogen and oxygen atoms in total. The number of rotatable bonds is 5. The summed E-state index contributed by atoms with van der Waals surface area (Å²) >= 11 is 0. The molecule has 1 aliphatic carbocycles. The molecule has 5 heteroatoms. The Morgan fingerprint density at radius 2 is 2.26 bits per heavy atom. The van der Waals surface area contributed by atoms with Crippen molar-refractivity contribution in [3.8, 4) is 0 Å². The molecular formula is C14H16N4O. The van der Waals surface area contributed by atoms with E-state index in [1.807, 2.05) is 12.1 Å². The van der Waals surface area contributed by atoms with Crippen LogP contribution in [0.4, 0.5) is 5.69 Å². The maximum Gasteiger partial charge on any atom is 0.269 e. The smallest absolute Gasteiger partial charge is 0.269 e. The number of pyridine rings is 1. The van der Waals surface area contributed by atoms with Crippen molar-refractivity contribution in [1.29, 1.82) is 0 Å². The first-order valence-electron chi connectivity index (χ1n) is 6.51. The second kappa shape index (κ2) is 5.22. The van der Waals surface area contributed by atoms with Crippen molar-refractivity contribution in [3.63, 3.8) is 0 Å². The van der Waals surface area contributed by atoms with Gasteiger partial charge in [-0.25, -0.2) is 4.68 Å². The average molecular weight is 256 g/mol. The first-order chi connectivity index (χ1) is 9.31. The highest BCUT2D eigenvalue weighted by Crippen LogP contribution is 2.28. The summed E-state index contributed by atoms with van der Waals surface area (Å²) in [6, 6.07) is 5.39. The van der Waals surface area contributed by atoms with Gasteiger partial charge in [0.2, 0.25) is 0 Å². The van der Waals surface area contributed by atoms with Crippen LogP contribution >= 0.6 is 0 Å². The van der Waals surface area contributed by atoms with Crippen molar-refractivity contribution in [2.24, 2.45) is 5.92 Å². The maximum absolute atomic E-state index is 11.9. The largest absolute Gasteiger partial charge is 0.383 e. The van der Waals surface area contributed by atoms with Gasteiger partial charge in [0.25, 0.3) is 5.56 Å². The molecule has 0 spiro atoms. The molecule has 0 bridgehead atoms. The van der Waals surface area contributed by atoms with E-state index in [9.17, 15) is 4.79 Å². The van der Waals surface area contributed by atoms with E-state index in [1.165, 1.54) is 17.5 Å². The van der Waals surface area contributed by atoms with Crippen LogP contribution in [0.15, 0.2) is 41.6 Å². The minimum atomic E-state index is -0.0929. The number of hydrogen-bond donors (Lipinski definition) is 1. The summed E-state index contributed by atoms with van der Waals surface area (Å²) in [5.41, 5.74) is 1.68. The van der Waals surface area contributed by atoms with Gasteiger partial charge in [0.15, 0.2) is 0 Å². The van der Waals surface area contributed by atoms with Gasteiger partial charge in [-0.05, 0) is 30.4 Å². The molecule has 0 aliphatic heterocycles. The molecule has 1 aliphatic rings. The van der Waals surface area contributed by atoms with E-state index in [0.717, 1.165) is 23.7 Å². The molecule has 0 radical (unpaired) electrons. The molecule has 3 rings (SSSR count). The molecule has 98 valence electrons. The number of nitrogens with zero attached hydrogens (tertiary/aromatic N) is 3. The Bertz CT molecular complexity index is 604. The SMILES string of the molecule is O=c1cc(NCC2CC2)cnn1Cc1cccnc1. The highest BCUT2D eigenvalue weighted by Gasteiger charge is 2.20. The van der Waals surface area contributed by atoms with Gasteiger partial charge in [-0.1, -0.05) is 6.07 Å². The van der Waals surface area contributed by atoms with E-state index in [4.69, 9.17) is 0 Å². The van der Waals surface area contributed by atoms with Crippen LogP contribution in [0.1, 0.15) is 18.4 Å². The Balaban J connectivity index is 1.70. The minimum absolute atomic E-state index is 0.0929. The third-order valence-corrected chi connectivity index (χ3v) is 3.22. The Morgan fingerprint density at radius 3 is 2.95 bits per heavy atom. The summed E-state index contributed by atoms with van der Waals surface area (Å²) in [6.07, 6.45) is 7.75. The van der Waals surface area contributed by atoms with Crippen LogP contribution in [0.25, 0.3) is 0 Å². The lowest BCUT2D eigenvalue weighted by Gasteiger charge is -2.07. The maximum atomic E-state index is 11.9. The van der Waals surface area contributed by atoms with E-state index < -0.39 is 0 Å². The summed E-state index contributed by atoms with van der Waals surface area (Å²) < 4.78 is 1.44. The van der Waals surface area contributed by atoms with Crippen molar-refractivity contribution >= 4 is 5.69 Å². The monoisotopic (exact) mass is 256 g/mol. The average Bonchev–Trinajstić information content (AvgIpc) is 3.25. The Morgan fingerprint density at radius 1 is 1.37 bits per heavy atom. The summed E-state index contributed by atoms with van der Waals surface area (Å²) in [5, 5.41) is 7.44. The molecule has 0 aromatic carbocycles. The molecule has 19 heavy (non-hydrogen) atoms. The third-order valence-electron chi connectivity index (χ3n) is 3.22. The van der Waals surface area contributed by atoms with E-state index in [-0.39, 0.29) is 5.56 Å². The standard InChI is InChI=1S/C14H16N4O/c19-14-6-13(16-8-11-3-4-11)9-17-18(14)10-12-2-1-5-15-7-12/h1-2,5-7,9,11,16H,3-4,8,10H2. The summed E-state index contributed by atoms with van der Waals surface area (Å²) in [7, 11) is 0. The van der Waals surface area contributed by atoms with E-state index >= 15 is 0 Å². The lowest BCUT2D eigenvalue weighted by atomic mass is 10.3. The third kappa shape index (κ3) is 3.19. The van der Waals surface area contributed by atoms with Gasteiger partial charge in [-0.2, -0.15) is 5.10 Å². The first kappa shape index (κ1) is 11.9. The van der Waals surface area contributed by atoms with Crippen molar-refractivity contribution in [1.82, 2.24) is 14.8 Å². The van der Waals surface area contributed by atoms with Crippen LogP contribution in [-0.2, 0) is 6.54 Å². The van der Waals surface area contributed by atoms with Crippen LogP contribution in [0.5, 0.6) is 0 Å². The zero-order valence-corrected chi connectivity index (χ0v) is 10.6. The lowest BCUT2D eigenvalue weighted by molar-refractivity contribution is 0.638. The second-order valence-corrected chi connectivity index (χ2v) is 4.93. The normalized spacial score (nSPS) is 14.3. The topological polar surface area (TPSA) is 59.8 Å². The molecule has 2 aromatic heterocycles. The van der Waals surface area contributed by atoms with Crippen LogP contribution < -0.4 is 10.9 Å². The van der Waals surface area contributed by atoms with Gasteiger partial charge in [-0.15, -0.1) is 0 Å². The summed E-state index contributed by atoms with van der Waals surface area (Å²) in [6.45, 7) is 1.39. The number of nitrogens with one attached hydrogen (secondary N) is 1. The molecule has 1 saturated carbocycles. The van der Waals surface area contributed by atoms with Gasteiger partial charge in [0.1, 0.15) is 0 Å². The Labute approximate surface area is 111 Å². The number of hydrogen-bond acceptors (Lipinski definition) is 4. The predicted molar refractivity (Wildman–Crippen MR) is 73.0 cm³/mol. The van der Waals surface area contributed by atoms with E-state index in [2.05, 4.69) is 15.4 Å². The lowest BCUT2D eigenvalue weighted by Crippen LogP contribution is -2.23. The zero-order valence-electron chi connectivity index (χ0n) is 10.6. The molecule has 0 atom stereocenters. The molecule has 1 N–H and O–H groups in total. The first-order valence-corrected chi connectivity index (χ1v) is 6.51. The second-order valence-electron chi connectivity index (χ2n) is 4.93. The van der Waals surface area contributed by atoms with Crippen molar-refractivity contribution in [2.75, 3.05) is 11.9 Å². The van der Waals surface area contributed by atoms with E-state index in [0.29, 0.717) is 6.54 Å². The van der Waals surface area contributed by atoms with Crippen LogP contribution in [0.3, 0.4) is 0 Å². The fraction of sp³-hybridized carbons (Fsp3) is 0.357. The van der Waals surface area contributed by atoms with Crippen LogP contribution in [0, 0.1) is 5.92 Å². The van der Waals surface area contributed by atoms with Gasteiger partial charge < -0.3 is 5.32 Å². The fourth-order valence-electron chi connectivity index (χ4n) is 1.90. The Hall–Kier alpha value is -2.17. The molecular weight excluding hydrogens is 240 g/mol. The van der Waals surface area contributed by atoms with Crippen molar-refractivity contribution in [2.45, 2.75) is 19.4 Å². The molecule has 1 fully saturated rings. The minimum Gasteiger partial charge on any atom is -0.383 e. The number of aromatic nitrogens is 3.